The van der Waals surface area contributed by atoms with E-state index >= 15 is 0 Å². The first-order chi connectivity index (χ1) is 11.7. The molecule has 0 bridgehead atoms. The standard InChI is InChI=1S/C18H24N4O2/c1-12-19-7-5-13(22-12)8-15-16(11-23)18(24)9-17(15)21-10-14-4-2-3-6-20-14/h2-7,15-18,21,23-24H,8-11H2,1H3. The minimum absolute atomic E-state index is 0.0162. The average Bonchev–Trinajstić information content (AvgIpc) is 2.88. The first-order valence-corrected chi connectivity index (χ1v) is 8.38. The third-order valence-corrected chi connectivity index (χ3v) is 4.82. The maximum absolute atomic E-state index is 10.3. The van der Waals surface area contributed by atoms with Crippen LogP contribution in [-0.4, -0.2) is 43.9 Å². The second-order valence-corrected chi connectivity index (χ2v) is 6.42. The number of nitrogens with zero attached hydrogens (tertiary/aromatic N) is 3. The molecule has 6 heteroatoms. The SMILES string of the molecule is Cc1nccc(CC2C(NCc3ccccn3)CC(O)C2CO)n1. The summed E-state index contributed by atoms with van der Waals surface area (Å²) in [7, 11) is 0. The number of hydrogen-bond acceptors (Lipinski definition) is 6. The Morgan fingerprint density at radius 3 is 2.71 bits per heavy atom. The van der Waals surface area contributed by atoms with Crippen LogP contribution in [0.2, 0.25) is 0 Å². The molecule has 3 N–H and O–H groups in total. The highest BCUT2D eigenvalue weighted by atomic mass is 16.3. The number of aliphatic hydroxyl groups is 2. The van der Waals surface area contributed by atoms with E-state index in [-0.39, 0.29) is 24.5 Å². The van der Waals surface area contributed by atoms with Gasteiger partial charge in [-0.2, -0.15) is 0 Å². The summed E-state index contributed by atoms with van der Waals surface area (Å²) in [6.07, 6.45) is 4.38. The molecule has 2 aromatic rings. The van der Waals surface area contributed by atoms with Gasteiger partial charge in [-0.1, -0.05) is 6.07 Å². The molecule has 0 saturated heterocycles. The molecule has 4 atom stereocenters. The van der Waals surface area contributed by atoms with Gasteiger partial charge in [0.05, 0.1) is 11.8 Å². The van der Waals surface area contributed by atoms with Gasteiger partial charge in [0.2, 0.25) is 0 Å². The quantitative estimate of drug-likeness (QED) is 0.729. The fourth-order valence-electron chi connectivity index (χ4n) is 3.58. The Balaban J connectivity index is 1.71. The van der Waals surface area contributed by atoms with E-state index in [1.165, 1.54) is 0 Å². The van der Waals surface area contributed by atoms with Gasteiger partial charge in [-0.25, -0.2) is 9.97 Å². The Hall–Kier alpha value is -1.89. The molecule has 0 amide bonds. The van der Waals surface area contributed by atoms with Crippen LogP contribution < -0.4 is 5.32 Å². The molecule has 1 saturated carbocycles. The van der Waals surface area contributed by atoms with E-state index in [4.69, 9.17) is 0 Å². The van der Waals surface area contributed by atoms with E-state index < -0.39 is 6.10 Å². The molecule has 2 aromatic heterocycles. The van der Waals surface area contributed by atoms with Crippen LogP contribution in [0, 0.1) is 18.8 Å². The van der Waals surface area contributed by atoms with Crippen LogP contribution in [0.15, 0.2) is 36.7 Å². The van der Waals surface area contributed by atoms with Crippen LogP contribution in [0.3, 0.4) is 0 Å². The topological polar surface area (TPSA) is 91.2 Å². The number of aromatic nitrogens is 3. The van der Waals surface area contributed by atoms with Gasteiger partial charge >= 0.3 is 0 Å². The zero-order chi connectivity index (χ0) is 16.9. The van der Waals surface area contributed by atoms with Gasteiger partial charge in [-0.15, -0.1) is 0 Å². The molecule has 3 rings (SSSR count). The molecule has 0 aliphatic heterocycles. The minimum Gasteiger partial charge on any atom is -0.396 e. The van der Waals surface area contributed by atoms with Crippen LogP contribution in [0.25, 0.3) is 0 Å². The maximum atomic E-state index is 10.3. The van der Waals surface area contributed by atoms with Crippen LogP contribution in [0.1, 0.15) is 23.6 Å². The Kier molecular flexibility index (Phi) is 5.50. The van der Waals surface area contributed by atoms with Crippen molar-refractivity contribution in [2.75, 3.05) is 6.61 Å². The number of pyridine rings is 1. The van der Waals surface area contributed by atoms with E-state index in [0.717, 1.165) is 17.2 Å². The largest absolute Gasteiger partial charge is 0.396 e. The normalized spacial score (nSPS) is 26.6. The number of hydrogen-bond donors (Lipinski definition) is 3. The van der Waals surface area contributed by atoms with Gasteiger partial charge in [0, 0.05) is 43.2 Å². The molecule has 1 aliphatic carbocycles. The molecule has 1 fully saturated rings. The number of aryl methyl sites for hydroxylation is 1. The summed E-state index contributed by atoms with van der Waals surface area (Å²) in [6.45, 7) is 2.50. The molecule has 6 nitrogen and oxygen atoms in total. The molecule has 2 heterocycles. The van der Waals surface area contributed by atoms with Crippen molar-refractivity contribution in [3.05, 3.63) is 53.9 Å². The lowest BCUT2D eigenvalue weighted by Gasteiger charge is -2.24. The zero-order valence-corrected chi connectivity index (χ0v) is 13.8. The summed E-state index contributed by atoms with van der Waals surface area (Å²) in [5.41, 5.74) is 1.92. The molecule has 24 heavy (non-hydrogen) atoms. The summed E-state index contributed by atoms with van der Waals surface area (Å²) in [6, 6.07) is 7.86. The Morgan fingerprint density at radius 2 is 2.00 bits per heavy atom. The van der Waals surface area contributed by atoms with Gasteiger partial charge < -0.3 is 15.5 Å². The molecular weight excluding hydrogens is 304 g/mol. The van der Waals surface area contributed by atoms with Crippen LogP contribution in [0.5, 0.6) is 0 Å². The Bertz CT molecular complexity index is 652. The second-order valence-electron chi connectivity index (χ2n) is 6.42. The van der Waals surface area contributed by atoms with Gasteiger partial charge in [-0.05, 0) is 43.9 Å². The minimum atomic E-state index is -0.496. The van der Waals surface area contributed by atoms with Crippen LogP contribution in [-0.2, 0) is 13.0 Å². The third kappa shape index (κ3) is 3.95. The lowest BCUT2D eigenvalue weighted by molar-refractivity contribution is 0.0716. The van der Waals surface area contributed by atoms with Gasteiger partial charge in [0.25, 0.3) is 0 Å². The predicted octanol–water partition coefficient (Wildman–Crippen LogP) is 0.870. The highest BCUT2D eigenvalue weighted by Crippen LogP contribution is 2.34. The highest BCUT2D eigenvalue weighted by Gasteiger charge is 2.41. The Morgan fingerprint density at radius 1 is 1.12 bits per heavy atom. The average molecular weight is 328 g/mol. The molecule has 0 aromatic carbocycles. The molecule has 128 valence electrons. The monoisotopic (exact) mass is 328 g/mol. The fraction of sp³-hybridized carbons (Fsp3) is 0.500. The first kappa shape index (κ1) is 17.0. The third-order valence-electron chi connectivity index (χ3n) is 4.82. The van der Waals surface area contributed by atoms with Crippen molar-refractivity contribution in [3.63, 3.8) is 0 Å². The zero-order valence-electron chi connectivity index (χ0n) is 13.8. The molecule has 0 radical (unpaired) electrons. The van der Waals surface area contributed by atoms with Crippen molar-refractivity contribution in [2.24, 2.45) is 11.8 Å². The lowest BCUT2D eigenvalue weighted by atomic mass is 9.89. The van der Waals surface area contributed by atoms with E-state index in [1.54, 1.807) is 12.4 Å². The maximum Gasteiger partial charge on any atom is 0.125 e. The summed E-state index contributed by atoms with van der Waals surface area (Å²) in [5.74, 6) is 0.731. The van der Waals surface area contributed by atoms with E-state index in [9.17, 15) is 10.2 Å². The van der Waals surface area contributed by atoms with Gasteiger partial charge in [-0.3, -0.25) is 4.98 Å². The van der Waals surface area contributed by atoms with Gasteiger partial charge in [0.15, 0.2) is 0 Å². The highest BCUT2D eigenvalue weighted by molar-refractivity contribution is 5.08. The van der Waals surface area contributed by atoms with Crippen LogP contribution >= 0.6 is 0 Å². The van der Waals surface area contributed by atoms with Crippen molar-refractivity contribution in [3.8, 4) is 0 Å². The summed E-state index contributed by atoms with van der Waals surface area (Å²) in [5, 5.41) is 23.5. The summed E-state index contributed by atoms with van der Waals surface area (Å²) >= 11 is 0. The second kappa shape index (κ2) is 7.79. The van der Waals surface area contributed by atoms with Crippen LogP contribution in [0.4, 0.5) is 0 Å². The summed E-state index contributed by atoms with van der Waals surface area (Å²) in [4.78, 5) is 12.9. The number of nitrogens with one attached hydrogen (secondary N) is 1. The number of aliphatic hydroxyl groups excluding tert-OH is 2. The molecule has 1 aliphatic rings. The van der Waals surface area contributed by atoms with Crippen molar-refractivity contribution < 1.29 is 10.2 Å². The van der Waals surface area contributed by atoms with Crippen molar-refractivity contribution in [2.45, 2.75) is 38.5 Å². The molecule has 4 unspecified atom stereocenters. The van der Waals surface area contributed by atoms with E-state index in [2.05, 4.69) is 20.3 Å². The van der Waals surface area contributed by atoms with E-state index in [0.29, 0.717) is 19.4 Å². The Labute approximate surface area is 142 Å². The molecule has 0 spiro atoms. The van der Waals surface area contributed by atoms with Gasteiger partial charge in [0.1, 0.15) is 5.82 Å². The molecular formula is C18H24N4O2. The number of rotatable bonds is 6. The summed E-state index contributed by atoms with van der Waals surface area (Å²) < 4.78 is 0. The fourth-order valence-corrected chi connectivity index (χ4v) is 3.58. The van der Waals surface area contributed by atoms with Crippen molar-refractivity contribution in [1.29, 1.82) is 0 Å². The van der Waals surface area contributed by atoms with E-state index in [1.807, 2.05) is 31.2 Å². The smallest absolute Gasteiger partial charge is 0.125 e. The lowest BCUT2D eigenvalue weighted by Crippen LogP contribution is -2.36. The predicted molar refractivity (Wildman–Crippen MR) is 90.0 cm³/mol. The first-order valence-electron chi connectivity index (χ1n) is 8.38. The van der Waals surface area contributed by atoms with Crippen molar-refractivity contribution in [1.82, 2.24) is 20.3 Å². The van der Waals surface area contributed by atoms with Crippen molar-refractivity contribution >= 4 is 0 Å².